The lowest BCUT2D eigenvalue weighted by molar-refractivity contribution is -0.145. The third-order valence-corrected chi connectivity index (χ3v) is 2.83. The van der Waals surface area contributed by atoms with Crippen molar-refractivity contribution in [3.8, 4) is 0 Å². The molecule has 0 atom stereocenters. The zero-order chi connectivity index (χ0) is 15.1. The van der Waals surface area contributed by atoms with Gasteiger partial charge in [-0.2, -0.15) is 5.10 Å². The Morgan fingerprint density at radius 2 is 1.80 bits per heavy atom. The molecule has 0 saturated carbocycles. The number of aromatic nitrogens is 2. The second-order valence-corrected chi connectivity index (χ2v) is 4.39. The highest BCUT2D eigenvalue weighted by atomic mass is 16.5. The number of carbonyl (C=O) groups excluding carboxylic acids is 2. The molecular weight excluding hydrogens is 262 g/mol. The average Bonchev–Trinajstić information content (AvgIpc) is 2.78. The van der Waals surface area contributed by atoms with Gasteiger partial charge < -0.3 is 9.47 Å². The van der Waals surface area contributed by atoms with E-state index in [0.29, 0.717) is 6.54 Å². The number of nitrogens with zero attached hydrogens (tertiary/aromatic N) is 3. The lowest BCUT2D eigenvalue weighted by atomic mass is 10.3. The molecule has 7 heteroatoms. The van der Waals surface area contributed by atoms with Crippen molar-refractivity contribution in [3.05, 3.63) is 17.5 Å². The summed E-state index contributed by atoms with van der Waals surface area (Å²) in [5, 5.41) is 4.34. The summed E-state index contributed by atoms with van der Waals surface area (Å²) >= 11 is 0. The maximum absolute atomic E-state index is 11.4. The smallest absolute Gasteiger partial charge is 0.319 e. The number of hydrogen-bond acceptors (Lipinski definition) is 6. The van der Waals surface area contributed by atoms with E-state index in [-0.39, 0.29) is 13.1 Å². The summed E-state index contributed by atoms with van der Waals surface area (Å²) in [7, 11) is 2.64. The van der Waals surface area contributed by atoms with Gasteiger partial charge in [-0.15, -0.1) is 0 Å². The van der Waals surface area contributed by atoms with Crippen LogP contribution in [0.1, 0.15) is 18.3 Å². The fourth-order valence-electron chi connectivity index (χ4n) is 1.89. The van der Waals surface area contributed by atoms with Gasteiger partial charge in [0.1, 0.15) is 0 Å². The van der Waals surface area contributed by atoms with Crippen molar-refractivity contribution in [3.63, 3.8) is 0 Å². The highest BCUT2D eigenvalue weighted by molar-refractivity contribution is 5.74. The summed E-state index contributed by atoms with van der Waals surface area (Å²) in [6, 6.07) is 1.94. The van der Waals surface area contributed by atoms with Gasteiger partial charge in [0.2, 0.25) is 0 Å². The van der Waals surface area contributed by atoms with Gasteiger partial charge in [-0.25, -0.2) is 0 Å². The van der Waals surface area contributed by atoms with Gasteiger partial charge in [0.05, 0.1) is 38.7 Å². The van der Waals surface area contributed by atoms with Crippen molar-refractivity contribution >= 4 is 11.9 Å². The van der Waals surface area contributed by atoms with Crippen molar-refractivity contribution < 1.29 is 19.1 Å². The summed E-state index contributed by atoms with van der Waals surface area (Å²) in [5.41, 5.74) is 1.84. The Balaban J connectivity index is 2.81. The molecule has 1 aromatic heterocycles. The largest absolute Gasteiger partial charge is 0.468 e. The number of esters is 2. The summed E-state index contributed by atoms with van der Waals surface area (Å²) in [6.07, 6.45) is 0. The standard InChI is InChI=1S/C13H21N3O4/c1-5-16-11(6-10(2)14-16)7-15(8-12(17)19-3)9-13(18)20-4/h6H,5,7-9H2,1-4H3. The van der Waals surface area contributed by atoms with Crippen LogP contribution in [0.15, 0.2) is 6.07 Å². The minimum atomic E-state index is -0.395. The fourth-order valence-corrected chi connectivity index (χ4v) is 1.89. The molecule has 0 unspecified atom stereocenters. The molecule has 0 aliphatic heterocycles. The molecule has 1 aromatic rings. The maximum Gasteiger partial charge on any atom is 0.319 e. The maximum atomic E-state index is 11.4. The van der Waals surface area contributed by atoms with E-state index in [1.807, 2.05) is 24.6 Å². The summed E-state index contributed by atoms with van der Waals surface area (Å²) in [5.74, 6) is -0.790. The molecule has 1 heterocycles. The normalized spacial score (nSPS) is 10.7. The van der Waals surface area contributed by atoms with Crippen LogP contribution in [0, 0.1) is 6.92 Å². The molecule has 1 rings (SSSR count). The summed E-state index contributed by atoms with van der Waals surface area (Å²) in [4.78, 5) is 24.5. The molecule has 0 radical (unpaired) electrons. The van der Waals surface area contributed by atoms with Crippen LogP contribution in [0.4, 0.5) is 0 Å². The molecule has 7 nitrogen and oxygen atoms in total. The van der Waals surface area contributed by atoms with Crippen LogP contribution in [-0.2, 0) is 32.2 Å². The highest BCUT2D eigenvalue weighted by Gasteiger charge is 2.17. The first-order valence-corrected chi connectivity index (χ1v) is 6.39. The van der Waals surface area contributed by atoms with E-state index in [4.69, 9.17) is 0 Å². The molecule has 0 aromatic carbocycles. The Hall–Kier alpha value is -1.89. The van der Waals surface area contributed by atoms with Gasteiger partial charge in [0.15, 0.2) is 0 Å². The van der Waals surface area contributed by atoms with Crippen LogP contribution < -0.4 is 0 Å². The Morgan fingerprint density at radius 1 is 1.25 bits per heavy atom. The molecule has 0 amide bonds. The van der Waals surface area contributed by atoms with E-state index in [1.165, 1.54) is 14.2 Å². The van der Waals surface area contributed by atoms with Crippen LogP contribution in [0.2, 0.25) is 0 Å². The minimum absolute atomic E-state index is 0.0273. The van der Waals surface area contributed by atoms with Crippen molar-refractivity contribution in [2.75, 3.05) is 27.3 Å². The number of ether oxygens (including phenoxy) is 2. The van der Waals surface area contributed by atoms with Crippen molar-refractivity contribution in [1.82, 2.24) is 14.7 Å². The molecular formula is C13H21N3O4. The average molecular weight is 283 g/mol. The number of aryl methyl sites for hydroxylation is 2. The first kappa shape index (κ1) is 16.2. The van der Waals surface area contributed by atoms with E-state index in [9.17, 15) is 9.59 Å². The van der Waals surface area contributed by atoms with Gasteiger partial charge in [-0.1, -0.05) is 0 Å². The van der Waals surface area contributed by atoms with Gasteiger partial charge in [-0.05, 0) is 19.9 Å². The van der Waals surface area contributed by atoms with Crippen LogP contribution in [0.25, 0.3) is 0 Å². The topological polar surface area (TPSA) is 73.7 Å². The number of rotatable bonds is 7. The summed E-state index contributed by atoms with van der Waals surface area (Å²) in [6.45, 7) is 5.10. The Labute approximate surface area is 118 Å². The zero-order valence-electron chi connectivity index (χ0n) is 12.4. The van der Waals surface area contributed by atoms with E-state index >= 15 is 0 Å². The minimum Gasteiger partial charge on any atom is -0.468 e. The van der Waals surface area contributed by atoms with Crippen molar-refractivity contribution in [1.29, 1.82) is 0 Å². The molecule has 0 N–H and O–H groups in total. The quantitative estimate of drug-likeness (QED) is 0.673. The molecule has 0 aliphatic carbocycles. The number of hydrogen-bond donors (Lipinski definition) is 0. The van der Waals surface area contributed by atoms with Crippen LogP contribution in [0.5, 0.6) is 0 Å². The number of carbonyl (C=O) groups is 2. The third kappa shape index (κ3) is 4.65. The van der Waals surface area contributed by atoms with Gasteiger partial charge in [-0.3, -0.25) is 19.2 Å². The third-order valence-electron chi connectivity index (χ3n) is 2.83. The molecule has 0 bridgehead atoms. The van der Waals surface area contributed by atoms with Crippen LogP contribution in [0.3, 0.4) is 0 Å². The monoisotopic (exact) mass is 283 g/mol. The van der Waals surface area contributed by atoms with E-state index in [0.717, 1.165) is 17.9 Å². The van der Waals surface area contributed by atoms with Crippen molar-refractivity contribution in [2.45, 2.75) is 26.9 Å². The van der Waals surface area contributed by atoms with Gasteiger partial charge >= 0.3 is 11.9 Å². The van der Waals surface area contributed by atoms with E-state index in [1.54, 1.807) is 4.90 Å². The van der Waals surface area contributed by atoms with E-state index < -0.39 is 11.9 Å². The predicted molar refractivity (Wildman–Crippen MR) is 71.9 cm³/mol. The molecule has 0 aliphatic rings. The Bertz CT molecular complexity index is 452. The first-order valence-electron chi connectivity index (χ1n) is 6.39. The fraction of sp³-hybridized carbons (Fsp3) is 0.615. The van der Waals surface area contributed by atoms with Gasteiger partial charge in [0, 0.05) is 13.1 Å². The van der Waals surface area contributed by atoms with E-state index in [2.05, 4.69) is 14.6 Å². The lowest BCUT2D eigenvalue weighted by Crippen LogP contribution is -2.35. The van der Waals surface area contributed by atoms with Crippen LogP contribution in [-0.4, -0.2) is 53.9 Å². The predicted octanol–water partition coefficient (Wildman–Crippen LogP) is 0.359. The van der Waals surface area contributed by atoms with Crippen molar-refractivity contribution in [2.24, 2.45) is 0 Å². The Morgan fingerprint density at radius 3 is 2.25 bits per heavy atom. The second kappa shape index (κ2) is 7.64. The molecule has 0 saturated heterocycles. The Kier molecular flexibility index (Phi) is 6.17. The molecule has 20 heavy (non-hydrogen) atoms. The summed E-state index contributed by atoms with van der Waals surface area (Å²) < 4.78 is 11.1. The lowest BCUT2D eigenvalue weighted by Gasteiger charge is -2.19. The SMILES string of the molecule is CCn1nc(C)cc1CN(CC(=O)OC)CC(=O)OC. The molecule has 0 fully saturated rings. The number of methoxy groups -OCH3 is 2. The molecule has 112 valence electrons. The second-order valence-electron chi connectivity index (χ2n) is 4.39. The zero-order valence-corrected chi connectivity index (χ0v) is 12.4. The highest BCUT2D eigenvalue weighted by Crippen LogP contribution is 2.08. The molecule has 0 spiro atoms. The van der Waals surface area contributed by atoms with Gasteiger partial charge in [0.25, 0.3) is 0 Å². The van der Waals surface area contributed by atoms with Crippen LogP contribution >= 0.6 is 0 Å². The first-order chi connectivity index (χ1) is 9.49.